The summed E-state index contributed by atoms with van der Waals surface area (Å²) in [6.07, 6.45) is 2.89. The molecule has 1 aliphatic rings. The number of aliphatic hydroxyl groups is 1. The Morgan fingerprint density at radius 1 is 1.32 bits per heavy atom. The molecule has 0 saturated heterocycles. The smallest absolute Gasteiger partial charge is 0.272 e. The topological polar surface area (TPSA) is 55.5 Å². The maximum absolute atomic E-state index is 13.1. The highest BCUT2D eigenvalue weighted by Gasteiger charge is 2.39. The molecule has 0 aromatic rings. The van der Waals surface area contributed by atoms with E-state index in [0.29, 0.717) is 13.3 Å². The number of rotatable bonds is 6. The maximum atomic E-state index is 13.1. The summed E-state index contributed by atoms with van der Waals surface area (Å²) in [5, 5.41) is 9.54. The van der Waals surface area contributed by atoms with Crippen molar-refractivity contribution < 1.29 is 18.6 Å². The van der Waals surface area contributed by atoms with E-state index >= 15 is 0 Å². The Bertz CT molecular complexity index is 269. The molecule has 0 spiro atoms. The highest BCUT2D eigenvalue weighted by atomic mass is 19.3. The van der Waals surface area contributed by atoms with Crippen LogP contribution in [0.15, 0.2) is 0 Å². The molecule has 4 atom stereocenters. The maximum Gasteiger partial charge on any atom is 0.272 e. The number of hydrogen-bond acceptors (Lipinski definition) is 3. The molecule has 3 nitrogen and oxygen atoms in total. The fraction of sp³-hybridized carbons (Fsp3) is 1.00. The van der Waals surface area contributed by atoms with Crippen LogP contribution in [0.1, 0.15) is 52.9 Å². The Labute approximate surface area is 114 Å². The Balaban J connectivity index is 2.56. The number of alkyl halides is 2. The Morgan fingerprint density at radius 2 is 1.89 bits per heavy atom. The fourth-order valence-electron chi connectivity index (χ4n) is 2.83. The molecular weight excluding hydrogens is 252 g/mol. The lowest BCUT2D eigenvalue weighted by atomic mass is 9.81. The van der Waals surface area contributed by atoms with E-state index in [1.54, 1.807) is 0 Å². The van der Waals surface area contributed by atoms with E-state index in [9.17, 15) is 13.9 Å². The largest absolute Gasteiger partial charge is 0.385 e. The van der Waals surface area contributed by atoms with Crippen molar-refractivity contribution in [2.24, 2.45) is 11.7 Å². The molecule has 1 saturated carbocycles. The van der Waals surface area contributed by atoms with Gasteiger partial charge in [-0.15, -0.1) is 0 Å². The van der Waals surface area contributed by atoms with E-state index < -0.39 is 18.1 Å². The first kappa shape index (κ1) is 16.8. The van der Waals surface area contributed by atoms with Gasteiger partial charge in [0.1, 0.15) is 6.10 Å². The molecule has 0 aromatic heterocycles. The lowest BCUT2D eigenvalue weighted by Gasteiger charge is -2.35. The third-order valence-corrected chi connectivity index (χ3v) is 3.79. The molecule has 0 aliphatic heterocycles. The average Bonchev–Trinajstić information content (AvgIpc) is 2.28. The number of nitrogens with two attached hydrogens (primary N) is 1. The molecule has 1 rings (SSSR count). The van der Waals surface area contributed by atoms with Crippen LogP contribution >= 0.6 is 0 Å². The first-order valence-electron chi connectivity index (χ1n) is 7.18. The van der Waals surface area contributed by atoms with Crippen LogP contribution in [0.2, 0.25) is 0 Å². The summed E-state index contributed by atoms with van der Waals surface area (Å²) in [7, 11) is 0. The quantitative estimate of drug-likeness (QED) is 0.786. The van der Waals surface area contributed by atoms with E-state index in [-0.39, 0.29) is 18.1 Å². The molecule has 0 bridgehead atoms. The van der Waals surface area contributed by atoms with E-state index in [2.05, 4.69) is 0 Å². The summed E-state index contributed by atoms with van der Waals surface area (Å²) in [4.78, 5) is 0. The van der Waals surface area contributed by atoms with Gasteiger partial charge in [-0.25, -0.2) is 8.78 Å². The molecular formula is C14H27F2NO2. The van der Waals surface area contributed by atoms with E-state index in [4.69, 9.17) is 10.5 Å². The van der Waals surface area contributed by atoms with Crippen LogP contribution in [0.5, 0.6) is 0 Å². The number of ether oxygens (including phenoxy) is 1. The van der Waals surface area contributed by atoms with Crippen molar-refractivity contribution in [3.8, 4) is 0 Å². The summed E-state index contributed by atoms with van der Waals surface area (Å²) < 4.78 is 32.0. The minimum Gasteiger partial charge on any atom is -0.385 e. The minimum absolute atomic E-state index is 0.0810. The minimum atomic E-state index is -3.15. The van der Waals surface area contributed by atoms with Crippen LogP contribution in [-0.2, 0) is 4.74 Å². The first-order valence-corrected chi connectivity index (χ1v) is 7.18. The average molecular weight is 279 g/mol. The Hall–Kier alpha value is -0.260. The van der Waals surface area contributed by atoms with Crippen molar-refractivity contribution in [3.63, 3.8) is 0 Å². The van der Waals surface area contributed by atoms with Gasteiger partial charge in [-0.2, -0.15) is 0 Å². The second kappa shape index (κ2) is 6.95. The van der Waals surface area contributed by atoms with Crippen LogP contribution in [0.4, 0.5) is 8.78 Å². The third kappa shape index (κ3) is 5.32. The van der Waals surface area contributed by atoms with Crippen molar-refractivity contribution in [1.82, 2.24) is 0 Å². The Morgan fingerprint density at radius 3 is 2.42 bits per heavy atom. The van der Waals surface area contributed by atoms with Crippen LogP contribution in [0.25, 0.3) is 0 Å². The second-order valence-electron chi connectivity index (χ2n) is 6.07. The van der Waals surface area contributed by atoms with Gasteiger partial charge in [0.15, 0.2) is 0 Å². The van der Waals surface area contributed by atoms with Crippen LogP contribution < -0.4 is 5.73 Å². The van der Waals surface area contributed by atoms with Gasteiger partial charge in [0.2, 0.25) is 0 Å². The molecule has 2 unspecified atom stereocenters. The van der Waals surface area contributed by atoms with Crippen molar-refractivity contribution >= 4 is 0 Å². The lowest BCUT2D eigenvalue weighted by Crippen LogP contribution is -2.48. The predicted molar refractivity (Wildman–Crippen MR) is 71.2 cm³/mol. The van der Waals surface area contributed by atoms with Crippen LogP contribution in [0, 0.1) is 5.92 Å². The van der Waals surface area contributed by atoms with Crippen molar-refractivity contribution in [2.45, 2.75) is 83.2 Å². The highest BCUT2D eigenvalue weighted by Crippen LogP contribution is 2.32. The van der Waals surface area contributed by atoms with Crippen LogP contribution in [0.3, 0.4) is 0 Å². The number of hydrogen-bond donors (Lipinski definition) is 2. The van der Waals surface area contributed by atoms with Gasteiger partial charge in [-0.3, -0.25) is 0 Å². The van der Waals surface area contributed by atoms with Gasteiger partial charge >= 0.3 is 0 Å². The summed E-state index contributed by atoms with van der Waals surface area (Å²) in [5.41, 5.74) is 5.74. The first-order chi connectivity index (χ1) is 8.71. The SMILES string of the molecule is CC(C)OC1CCCCC1C[C@H](N)[C@@H](O)C(C)(F)F. The molecule has 19 heavy (non-hydrogen) atoms. The van der Waals surface area contributed by atoms with E-state index in [0.717, 1.165) is 25.7 Å². The van der Waals surface area contributed by atoms with Crippen molar-refractivity contribution in [1.29, 1.82) is 0 Å². The molecule has 0 radical (unpaired) electrons. The normalized spacial score (nSPS) is 28.4. The van der Waals surface area contributed by atoms with Gasteiger partial charge in [0.25, 0.3) is 5.92 Å². The van der Waals surface area contributed by atoms with Crippen molar-refractivity contribution in [2.75, 3.05) is 0 Å². The molecule has 3 N–H and O–H groups in total. The molecule has 114 valence electrons. The zero-order valence-corrected chi connectivity index (χ0v) is 12.1. The summed E-state index contributed by atoms with van der Waals surface area (Å²) in [6, 6.07) is -0.902. The fourth-order valence-corrected chi connectivity index (χ4v) is 2.83. The van der Waals surface area contributed by atoms with E-state index in [1.807, 2.05) is 13.8 Å². The highest BCUT2D eigenvalue weighted by molar-refractivity contribution is 4.87. The van der Waals surface area contributed by atoms with Gasteiger partial charge in [0, 0.05) is 13.0 Å². The van der Waals surface area contributed by atoms with Gasteiger partial charge in [-0.05, 0) is 39.0 Å². The molecule has 0 aromatic carbocycles. The van der Waals surface area contributed by atoms with Crippen molar-refractivity contribution in [3.05, 3.63) is 0 Å². The molecule has 0 heterocycles. The molecule has 5 heteroatoms. The zero-order valence-electron chi connectivity index (χ0n) is 12.1. The second-order valence-corrected chi connectivity index (χ2v) is 6.07. The Kier molecular flexibility index (Phi) is 6.15. The zero-order chi connectivity index (χ0) is 14.6. The van der Waals surface area contributed by atoms with Gasteiger partial charge in [-0.1, -0.05) is 12.8 Å². The lowest BCUT2D eigenvalue weighted by molar-refractivity contribution is -0.111. The predicted octanol–water partition coefficient (Wildman–Crippen LogP) is 2.70. The summed E-state index contributed by atoms with van der Waals surface area (Å²) in [5.74, 6) is -2.98. The van der Waals surface area contributed by atoms with E-state index in [1.165, 1.54) is 0 Å². The van der Waals surface area contributed by atoms with Gasteiger partial charge in [0.05, 0.1) is 12.2 Å². The summed E-state index contributed by atoms with van der Waals surface area (Å²) in [6.45, 7) is 4.65. The monoisotopic (exact) mass is 279 g/mol. The molecule has 1 aliphatic carbocycles. The third-order valence-electron chi connectivity index (χ3n) is 3.79. The molecule has 1 fully saturated rings. The summed E-state index contributed by atoms with van der Waals surface area (Å²) >= 11 is 0. The number of halogens is 2. The molecule has 0 amide bonds. The number of aliphatic hydroxyl groups excluding tert-OH is 1. The van der Waals surface area contributed by atoms with Crippen LogP contribution in [-0.4, -0.2) is 35.4 Å². The van der Waals surface area contributed by atoms with Gasteiger partial charge < -0.3 is 15.6 Å². The standard InChI is InChI=1S/C14H27F2NO2/c1-9(2)19-12-7-5-4-6-10(12)8-11(17)13(18)14(3,15)16/h9-13,18H,4-8,17H2,1-3H3/t10?,11-,12?,13+/m0/s1.